The van der Waals surface area contributed by atoms with Crippen molar-refractivity contribution < 1.29 is 9.90 Å². The number of aliphatic carboxylic acids is 1. The number of alkyl halides is 3. The van der Waals surface area contributed by atoms with E-state index in [1.807, 2.05) is 0 Å². The minimum atomic E-state index is -2.28. The third kappa shape index (κ3) is 5.52. The predicted octanol–water partition coefficient (Wildman–Crippen LogP) is 4.41. The van der Waals surface area contributed by atoms with E-state index in [2.05, 4.69) is 121 Å². The second-order valence-corrected chi connectivity index (χ2v) is 12.5. The van der Waals surface area contributed by atoms with Crippen LogP contribution in [0.3, 0.4) is 0 Å². The Labute approximate surface area is 203 Å². The summed E-state index contributed by atoms with van der Waals surface area (Å²) in [4.78, 5) is 9.51. The van der Waals surface area contributed by atoms with Crippen LogP contribution < -0.4 is 26.3 Å². The van der Waals surface area contributed by atoms with Crippen LogP contribution in [0.15, 0.2) is 121 Å². The van der Waals surface area contributed by atoms with Crippen LogP contribution in [-0.2, 0) is 4.79 Å². The zero-order valence-corrected chi connectivity index (χ0v) is 20.1. The molecule has 162 valence electrons. The quantitative estimate of drug-likeness (QED) is 0.307. The summed E-state index contributed by atoms with van der Waals surface area (Å²) >= 11 is 14.2. The van der Waals surface area contributed by atoms with E-state index in [1.54, 1.807) is 0 Å². The molecule has 0 heterocycles. The van der Waals surface area contributed by atoms with Crippen LogP contribution in [0.1, 0.15) is 0 Å². The van der Waals surface area contributed by atoms with Gasteiger partial charge in [0.25, 0.3) is 0 Å². The Morgan fingerprint density at radius 3 is 0.875 bits per heavy atom. The van der Waals surface area contributed by atoms with Gasteiger partial charge in [-0.3, -0.25) is 0 Å². The zero-order chi connectivity index (χ0) is 23.0. The van der Waals surface area contributed by atoms with Crippen LogP contribution in [0.4, 0.5) is 0 Å². The minimum Gasteiger partial charge on any atom is -0.545 e. The van der Waals surface area contributed by atoms with Crippen LogP contribution in [0.25, 0.3) is 0 Å². The molecule has 0 spiro atoms. The van der Waals surface area contributed by atoms with Crippen LogP contribution >= 0.6 is 42.1 Å². The number of carbonyl (C=O) groups excluding carboxylic acids is 1. The van der Waals surface area contributed by atoms with Crippen molar-refractivity contribution in [3.63, 3.8) is 0 Å². The van der Waals surface area contributed by atoms with E-state index >= 15 is 0 Å². The maximum Gasteiger partial charge on any atom is 0.230 e. The summed E-state index contributed by atoms with van der Waals surface area (Å²) in [6.45, 7) is 0. The fraction of sp³-hybridized carbons (Fsp3) is 0.0385. The van der Waals surface area contributed by atoms with Crippen molar-refractivity contribution in [3.8, 4) is 0 Å². The van der Waals surface area contributed by atoms with Gasteiger partial charge in [-0.15, -0.1) is 0 Å². The third-order valence-corrected chi connectivity index (χ3v) is 9.56. The smallest absolute Gasteiger partial charge is 0.230 e. The van der Waals surface area contributed by atoms with Crippen LogP contribution in [-0.4, -0.2) is 9.76 Å². The number of rotatable bonds is 4. The fourth-order valence-electron chi connectivity index (χ4n) is 3.50. The van der Waals surface area contributed by atoms with Gasteiger partial charge in [0.1, 0.15) is 28.5 Å². The second-order valence-electron chi connectivity index (χ2n) is 6.80. The molecule has 0 bridgehead atoms. The average molecular weight is 502 g/mol. The Hall–Kier alpha value is -2.35. The molecule has 0 aliphatic heterocycles. The van der Waals surface area contributed by atoms with E-state index in [1.165, 1.54) is 21.2 Å². The fourth-order valence-corrected chi connectivity index (χ4v) is 7.77. The van der Waals surface area contributed by atoms with Crippen molar-refractivity contribution in [2.24, 2.45) is 0 Å². The summed E-state index contributed by atoms with van der Waals surface area (Å²) in [5.41, 5.74) is 0. The first-order valence-electron chi connectivity index (χ1n) is 9.76. The number of benzene rings is 4. The van der Waals surface area contributed by atoms with Crippen molar-refractivity contribution in [1.29, 1.82) is 0 Å². The highest BCUT2D eigenvalue weighted by atomic mass is 35.6. The zero-order valence-electron chi connectivity index (χ0n) is 16.9. The number of hydrogen-bond donors (Lipinski definition) is 0. The molecule has 4 aromatic rings. The lowest BCUT2D eigenvalue weighted by atomic mass is 10.3. The Morgan fingerprint density at radius 1 is 0.531 bits per heavy atom. The number of carbonyl (C=O) groups is 1. The lowest BCUT2D eigenvalue weighted by Crippen LogP contribution is -2.38. The Bertz CT molecular complexity index is 954. The molecule has 0 aliphatic rings. The highest BCUT2D eigenvalue weighted by molar-refractivity contribution is 8.01. The van der Waals surface area contributed by atoms with E-state index in [9.17, 15) is 9.90 Å². The molecule has 0 amide bonds. The molecule has 6 heteroatoms. The SMILES string of the molecule is O=C([O-])C(Cl)(Cl)Cl.c1ccc([P+](c2ccccc2)(c2ccccc2)c2ccccc2)cc1. The average Bonchev–Trinajstić information content (AvgIpc) is 2.82. The molecule has 2 nitrogen and oxygen atoms in total. The van der Waals surface area contributed by atoms with Gasteiger partial charge in [0.2, 0.25) is 3.79 Å². The molecule has 32 heavy (non-hydrogen) atoms. The van der Waals surface area contributed by atoms with Gasteiger partial charge < -0.3 is 9.90 Å². The third-order valence-electron chi connectivity index (χ3n) is 4.81. The van der Waals surface area contributed by atoms with E-state index in [4.69, 9.17) is 34.8 Å². The van der Waals surface area contributed by atoms with Crippen molar-refractivity contribution in [2.45, 2.75) is 3.79 Å². The van der Waals surface area contributed by atoms with Gasteiger partial charge in [0.15, 0.2) is 0 Å². The van der Waals surface area contributed by atoms with E-state index in [0.29, 0.717) is 0 Å². The van der Waals surface area contributed by atoms with Gasteiger partial charge in [-0.25, -0.2) is 0 Å². The number of hydrogen-bond acceptors (Lipinski definition) is 2. The van der Waals surface area contributed by atoms with Crippen molar-refractivity contribution in [1.82, 2.24) is 0 Å². The summed E-state index contributed by atoms with van der Waals surface area (Å²) in [6, 6.07) is 43.8. The predicted molar refractivity (Wildman–Crippen MR) is 137 cm³/mol. The van der Waals surface area contributed by atoms with Gasteiger partial charge >= 0.3 is 0 Å². The number of carboxylic acid groups (broad SMARTS) is 1. The molecule has 4 aromatic carbocycles. The molecule has 0 unspecified atom stereocenters. The molecular formula is C26H20Cl3O2P. The standard InChI is InChI=1S/C24H20P.C2HCl3O2/c1-5-13-21(14-6-1)25(22-15-7-2-8-16-22,23-17-9-3-10-18-23)24-19-11-4-12-20-24;3-2(4,5)1(6)7/h1-20H;(H,6,7)/q+1;/p-1. The topological polar surface area (TPSA) is 40.1 Å². The molecule has 0 saturated carbocycles. The lowest BCUT2D eigenvalue weighted by Gasteiger charge is -2.27. The maximum atomic E-state index is 9.51. The summed E-state index contributed by atoms with van der Waals surface area (Å²) in [5, 5.41) is 15.1. The molecule has 0 aliphatic carbocycles. The van der Waals surface area contributed by atoms with E-state index < -0.39 is 17.0 Å². The monoisotopic (exact) mass is 500 g/mol. The van der Waals surface area contributed by atoms with Gasteiger partial charge in [-0.2, -0.15) is 0 Å². The molecule has 0 N–H and O–H groups in total. The first-order chi connectivity index (χ1) is 15.4. The molecule has 0 aromatic heterocycles. The van der Waals surface area contributed by atoms with Gasteiger partial charge in [0, 0.05) is 0 Å². The Morgan fingerprint density at radius 2 is 0.719 bits per heavy atom. The largest absolute Gasteiger partial charge is 0.545 e. The molecule has 0 saturated heterocycles. The molecule has 0 atom stereocenters. The van der Waals surface area contributed by atoms with Crippen molar-refractivity contribution in [3.05, 3.63) is 121 Å². The highest BCUT2D eigenvalue weighted by Gasteiger charge is 2.47. The van der Waals surface area contributed by atoms with Gasteiger partial charge in [-0.05, 0) is 48.5 Å². The van der Waals surface area contributed by atoms with Gasteiger partial charge in [-0.1, -0.05) is 108 Å². The van der Waals surface area contributed by atoms with Crippen LogP contribution in [0, 0.1) is 0 Å². The number of carboxylic acids is 1. The first kappa shape index (κ1) is 24.3. The molecule has 0 radical (unpaired) electrons. The van der Waals surface area contributed by atoms with E-state index in [0.717, 1.165) is 0 Å². The van der Waals surface area contributed by atoms with E-state index in [-0.39, 0.29) is 0 Å². The molecule has 4 rings (SSSR count). The van der Waals surface area contributed by atoms with Crippen LogP contribution in [0.5, 0.6) is 0 Å². The Kier molecular flexibility index (Phi) is 8.34. The molecular weight excluding hydrogens is 482 g/mol. The Balaban J connectivity index is 0.000000360. The summed E-state index contributed by atoms with van der Waals surface area (Å²) in [7, 11) is -1.91. The van der Waals surface area contributed by atoms with Crippen molar-refractivity contribution in [2.75, 3.05) is 0 Å². The minimum absolute atomic E-state index is 1.39. The van der Waals surface area contributed by atoms with Crippen LogP contribution in [0.2, 0.25) is 0 Å². The van der Waals surface area contributed by atoms with Gasteiger partial charge in [0.05, 0.1) is 5.97 Å². The summed E-state index contributed by atoms with van der Waals surface area (Å²) in [5.74, 6) is -1.71. The highest BCUT2D eigenvalue weighted by Crippen LogP contribution is 2.53. The number of halogens is 3. The normalized spacial score (nSPS) is 11.2. The molecule has 0 fully saturated rings. The maximum absolute atomic E-state index is 9.51. The lowest BCUT2D eigenvalue weighted by molar-refractivity contribution is -0.304. The summed E-state index contributed by atoms with van der Waals surface area (Å²) in [6.07, 6.45) is 0. The second kappa shape index (κ2) is 11.0. The first-order valence-corrected chi connectivity index (χ1v) is 12.7. The summed E-state index contributed by atoms with van der Waals surface area (Å²) < 4.78 is -2.28. The van der Waals surface area contributed by atoms with Crippen molar-refractivity contribution >= 4 is 69.3 Å².